The topological polar surface area (TPSA) is 29.3 Å². The first-order valence-corrected chi connectivity index (χ1v) is 6.45. The lowest BCUT2D eigenvalue weighted by Gasteiger charge is -2.28. The van der Waals surface area contributed by atoms with E-state index in [1.54, 1.807) is 0 Å². The van der Waals surface area contributed by atoms with Crippen molar-refractivity contribution in [1.82, 2.24) is 4.90 Å². The van der Waals surface area contributed by atoms with E-state index in [0.29, 0.717) is 0 Å². The Kier molecular flexibility index (Phi) is 5.07. The Morgan fingerprint density at radius 2 is 1.93 bits per heavy atom. The van der Waals surface area contributed by atoms with Crippen molar-refractivity contribution >= 4 is 0 Å². The molecule has 1 aliphatic rings. The van der Waals surface area contributed by atoms with Gasteiger partial charge in [0.2, 0.25) is 0 Å². The third kappa shape index (κ3) is 6.16. The molecule has 15 heavy (non-hydrogen) atoms. The summed E-state index contributed by atoms with van der Waals surface area (Å²) in [4.78, 5) is 2.46. The minimum absolute atomic E-state index is 0.00874. The molecule has 1 saturated carbocycles. The van der Waals surface area contributed by atoms with E-state index in [1.165, 1.54) is 45.2 Å². The van der Waals surface area contributed by atoms with Crippen LogP contribution in [0.15, 0.2) is 0 Å². The summed E-state index contributed by atoms with van der Waals surface area (Å²) in [5, 5.41) is 0. The lowest BCUT2D eigenvalue weighted by Crippen LogP contribution is -2.33. The van der Waals surface area contributed by atoms with Gasteiger partial charge < -0.3 is 10.6 Å². The molecule has 0 amide bonds. The SMILES string of the molecule is CN(CCCC(C)(C)N)CCC1CCC1. The standard InChI is InChI=1S/C13H28N2/c1-13(2,14)9-5-10-15(3)11-8-12-6-4-7-12/h12H,4-11,14H2,1-3H3. The molecule has 0 unspecified atom stereocenters. The van der Waals surface area contributed by atoms with Crippen LogP contribution in [0.2, 0.25) is 0 Å². The Morgan fingerprint density at radius 1 is 1.27 bits per heavy atom. The van der Waals surface area contributed by atoms with Crippen LogP contribution in [0, 0.1) is 5.92 Å². The van der Waals surface area contributed by atoms with Crippen molar-refractivity contribution in [2.24, 2.45) is 11.7 Å². The molecule has 0 bridgehead atoms. The van der Waals surface area contributed by atoms with E-state index in [-0.39, 0.29) is 5.54 Å². The smallest absolute Gasteiger partial charge is 0.00975 e. The van der Waals surface area contributed by atoms with E-state index in [4.69, 9.17) is 5.73 Å². The maximum absolute atomic E-state index is 5.96. The molecule has 2 N–H and O–H groups in total. The Morgan fingerprint density at radius 3 is 2.40 bits per heavy atom. The van der Waals surface area contributed by atoms with E-state index in [2.05, 4.69) is 25.8 Å². The lowest BCUT2D eigenvalue weighted by molar-refractivity contribution is 0.233. The average molecular weight is 212 g/mol. The third-order valence-corrected chi connectivity index (χ3v) is 3.50. The van der Waals surface area contributed by atoms with Crippen LogP contribution in [0.3, 0.4) is 0 Å². The Balaban J connectivity index is 1.95. The molecule has 0 spiro atoms. The molecule has 0 aliphatic heterocycles. The van der Waals surface area contributed by atoms with Crippen molar-refractivity contribution in [2.45, 2.75) is 57.9 Å². The molecule has 0 radical (unpaired) electrons. The fraction of sp³-hybridized carbons (Fsp3) is 1.00. The molecule has 0 saturated heterocycles. The number of hydrogen-bond donors (Lipinski definition) is 1. The number of nitrogens with two attached hydrogens (primary N) is 1. The quantitative estimate of drug-likeness (QED) is 0.703. The Bertz CT molecular complexity index is 168. The highest BCUT2D eigenvalue weighted by atomic mass is 15.1. The third-order valence-electron chi connectivity index (χ3n) is 3.50. The van der Waals surface area contributed by atoms with Gasteiger partial charge in [-0.3, -0.25) is 0 Å². The predicted octanol–water partition coefficient (Wildman–Crippen LogP) is 2.63. The fourth-order valence-corrected chi connectivity index (χ4v) is 2.10. The minimum Gasteiger partial charge on any atom is -0.326 e. The van der Waals surface area contributed by atoms with Crippen LogP contribution < -0.4 is 5.73 Å². The van der Waals surface area contributed by atoms with Crippen molar-refractivity contribution < 1.29 is 0 Å². The van der Waals surface area contributed by atoms with E-state index < -0.39 is 0 Å². The van der Waals surface area contributed by atoms with Crippen molar-refractivity contribution in [3.63, 3.8) is 0 Å². The normalized spacial score (nSPS) is 18.2. The zero-order valence-electron chi connectivity index (χ0n) is 10.8. The predicted molar refractivity (Wildman–Crippen MR) is 67.0 cm³/mol. The first-order chi connectivity index (χ1) is 6.97. The van der Waals surface area contributed by atoms with Crippen molar-refractivity contribution in [3.05, 3.63) is 0 Å². The van der Waals surface area contributed by atoms with E-state index >= 15 is 0 Å². The Labute approximate surface area is 95.2 Å². The number of hydrogen-bond acceptors (Lipinski definition) is 2. The second-order valence-electron chi connectivity index (χ2n) is 5.98. The van der Waals surface area contributed by atoms with Crippen molar-refractivity contribution in [3.8, 4) is 0 Å². The summed E-state index contributed by atoms with van der Waals surface area (Å²) < 4.78 is 0. The van der Waals surface area contributed by atoms with E-state index in [1.807, 2.05) is 0 Å². The summed E-state index contributed by atoms with van der Waals surface area (Å²) in [5.41, 5.74) is 5.96. The van der Waals surface area contributed by atoms with Gasteiger partial charge in [0.15, 0.2) is 0 Å². The van der Waals surface area contributed by atoms with Crippen LogP contribution in [0.1, 0.15) is 52.4 Å². The monoisotopic (exact) mass is 212 g/mol. The summed E-state index contributed by atoms with van der Waals surface area (Å²) in [6, 6.07) is 0. The molecular formula is C13H28N2. The maximum atomic E-state index is 5.96. The molecule has 0 atom stereocenters. The molecule has 2 nitrogen and oxygen atoms in total. The van der Waals surface area contributed by atoms with Gasteiger partial charge in [0.05, 0.1) is 0 Å². The number of rotatable bonds is 7. The molecule has 2 heteroatoms. The van der Waals surface area contributed by atoms with Crippen LogP contribution >= 0.6 is 0 Å². The molecular weight excluding hydrogens is 184 g/mol. The lowest BCUT2D eigenvalue weighted by atomic mass is 9.83. The summed E-state index contributed by atoms with van der Waals surface area (Å²) in [7, 11) is 2.24. The zero-order valence-corrected chi connectivity index (χ0v) is 10.8. The zero-order chi connectivity index (χ0) is 11.3. The molecule has 0 aromatic heterocycles. The second-order valence-corrected chi connectivity index (χ2v) is 5.98. The first-order valence-electron chi connectivity index (χ1n) is 6.45. The van der Waals surface area contributed by atoms with Crippen LogP contribution in [0.5, 0.6) is 0 Å². The molecule has 0 aromatic rings. The molecule has 0 heterocycles. The largest absolute Gasteiger partial charge is 0.326 e. The van der Waals surface area contributed by atoms with Gasteiger partial charge in [0.25, 0.3) is 0 Å². The van der Waals surface area contributed by atoms with Gasteiger partial charge in [-0.05, 0) is 59.2 Å². The Hall–Kier alpha value is -0.0800. The average Bonchev–Trinajstić information content (AvgIpc) is 1.98. The van der Waals surface area contributed by atoms with Gasteiger partial charge in [0, 0.05) is 5.54 Å². The van der Waals surface area contributed by atoms with Crippen LogP contribution in [0.4, 0.5) is 0 Å². The fourth-order valence-electron chi connectivity index (χ4n) is 2.10. The first kappa shape index (κ1) is 13.0. The molecule has 1 fully saturated rings. The maximum Gasteiger partial charge on any atom is 0.00975 e. The van der Waals surface area contributed by atoms with Crippen LogP contribution in [-0.4, -0.2) is 30.6 Å². The molecule has 0 aromatic carbocycles. The highest BCUT2D eigenvalue weighted by molar-refractivity contribution is 4.73. The molecule has 90 valence electrons. The molecule has 1 rings (SSSR count). The van der Waals surface area contributed by atoms with E-state index in [0.717, 1.165) is 12.3 Å². The van der Waals surface area contributed by atoms with E-state index in [9.17, 15) is 0 Å². The minimum atomic E-state index is 0.00874. The van der Waals surface area contributed by atoms with Crippen molar-refractivity contribution in [1.29, 1.82) is 0 Å². The van der Waals surface area contributed by atoms with Gasteiger partial charge in [-0.15, -0.1) is 0 Å². The van der Waals surface area contributed by atoms with Gasteiger partial charge >= 0.3 is 0 Å². The summed E-state index contributed by atoms with van der Waals surface area (Å²) in [5.74, 6) is 1.04. The van der Waals surface area contributed by atoms with Gasteiger partial charge in [-0.25, -0.2) is 0 Å². The van der Waals surface area contributed by atoms with Crippen molar-refractivity contribution in [2.75, 3.05) is 20.1 Å². The summed E-state index contributed by atoms with van der Waals surface area (Å²) >= 11 is 0. The highest BCUT2D eigenvalue weighted by Gasteiger charge is 2.17. The summed E-state index contributed by atoms with van der Waals surface area (Å²) in [6.07, 6.45) is 8.18. The highest BCUT2D eigenvalue weighted by Crippen LogP contribution is 2.29. The van der Waals surface area contributed by atoms with Gasteiger partial charge in [0.1, 0.15) is 0 Å². The van der Waals surface area contributed by atoms with Crippen LogP contribution in [0.25, 0.3) is 0 Å². The van der Waals surface area contributed by atoms with Gasteiger partial charge in [-0.1, -0.05) is 19.3 Å². The molecule has 1 aliphatic carbocycles. The van der Waals surface area contributed by atoms with Gasteiger partial charge in [-0.2, -0.15) is 0 Å². The number of nitrogens with zero attached hydrogens (tertiary/aromatic N) is 1. The second kappa shape index (κ2) is 5.86. The van der Waals surface area contributed by atoms with Crippen LogP contribution in [-0.2, 0) is 0 Å². The summed E-state index contributed by atoms with van der Waals surface area (Å²) in [6.45, 7) is 6.70.